The first-order valence-electron chi connectivity index (χ1n) is 5.33. The van der Waals surface area contributed by atoms with Gasteiger partial charge in [0, 0.05) is 17.5 Å². The van der Waals surface area contributed by atoms with Gasteiger partial charge in [0.25, 0.3) is 5.69 Å². The third kappa shape index (κ3) is 3.22. The molecule has 2 N–H and O–H groups in total. The van der Waals surface area contributed by atoms with Crippen LogP contribution in [-0.4, -0.2) is 21.0 Å². The molecule has 2 aromatic rings. The number of nitrogens with zero attached hydrogens (tertiary/aromatic N) is 2. The highest BCUT2D eigenvalue weighted by Crippen LogP contribution is 2.27. The molecule has 0 aliphatic carbocycles. The van der Waals surface area contributed by atoms with Gasteiger partial charge in [0.15, 0.2) is 5.69 Å². The summed E-state index contributed by atoms with van der Waals surface area (Å²) < 4.78 is 0. The largest absolute Gasteiger partial charge is 0.476 e. The Morgan fingerprint density at radius 1 is 1.55 bits per heavy atom. The quantitative estimate of drug-likeness (QED) is 0.649. The number of nitro groups is 1. The normalized spacial score (nSPS) is 10.2. The number of nitrogens with one attached hydrogen (secondary N) is 1. The van der Waals surface area contributed by atoms with Gasteiger partial charge in [0.1, 0.15) is 5.01 Å². The van der Waals surface area contributed by atoms with E-state index in [-0.39, 0.29) is 22.9 Å². The second kappa shape index (κ2) is 5.85. The number of carboxylic acids is 1. The van der Waals surface area contributed by atoms with Crippen molar-refractivity contribution >= 4 is 40.3 Å². The highest BCUT2D eigenvalue weighted by Gasteiger charge is 2.11. The topological polar surface area (TPSA) is 105 Å². The second-order valence-electron chi connectivity index (χ2n) is 3.71. The van der Waals surface area contributed by atoms with Crippen molar-refractivity contribution < 1.29 is 14.8 Å². The summed E-state index contributed by atoms with van der Waals surface area (Å²) in [7, 11) is 0. The predicted molar refractivity (Wildman–Crippen MR) is 74.5 cm³/mol. The number of anilines is 1. The maximum atomic E-state index is 10.7. The molecule has 0 spiro atoms. The van der Waals surface area contributed by atoms with Gasteiger partial charge in [-0.1, -0.05) is 11.6 Å². The minimum atomic E-state index is -1.08. The van der Waals surface area contributed by atoms with E-state index in [9.17, 15) is 14.9 Å². The van der Waals surface area contributed by atoms with Crippen LogP contribution in [-0.2, 0) is 6.54 Å². The van der Waals surface area contributed by atoms with Gasteiger partial charge >= 0.3 is 5.97 Å². The number of aromatic nitrogens is 1. The summed E-state index contributed by atoms with van der Waals surface area (Å²) >= 11 is 7.12. The number of aromatic carboxylic acids is 1. The molecule has 0 fully saturated rings. The first-order valence-corrected chi connectivity index (χ1v) is 6.58. The number of carbonyl (C=O) groups is 1. The first-order chi connectivity index (χ1) is 9.47. The van der Waals surface area contributed by atoms with E-state index >= 15 is 0 Å². The molecular weight excluding hydrogens is 306 g/mol. The van der Waals surface area contributed by atoms with Crippen LogP contribution in [0, 0.1) is 10.1 Å². The number of non-ortho nitro benzene ring substituents is 1. The molecule has 0 saturated heterocycles. The average molecular weight is 314 g/mol. The van der Waals surface area contributed by atoms with Gasteiger partial charge in [-0.3, -0.25) is 10.1 Å². The van der Waals surface area contributed by atoms with E-state index in [0.717, 1.165) is 0 Å². The Hall–Kier alpha value is -2.19. The standard InChI is InChI=1S/C11H8ClN3O4S/c12-7-3-6(15(18)19)1-2-8(7)13-4-10-14-9(5-20-10)11(16)17/h1-3,5,13H,4H2,(H,16,17). The molecule has 0 radical (unpaired) electrons. The molecule has 0 aliphatic heterocycles. The number of rotatable bonds is 5. The van der Waals surface area contributed by atoms with Crippen LogP contribution in [0.3, 0.4) is 0 Å². The summed E-state index contributed by atoms with van der Waals surface area (Å²) in [6, 6.07) is 4.07. The van der Waals surface area contributed by atoms with Crippen molar-refractivity contribution in [2.24, 2.45) is 0 Å². The highest BCUT2D eigenvalue weighted by atomic mass is 35.5. The van der Waals surface area contributed by atoms with Crippen LogP contribution in [0.25, 0.3) is 0 Å². The minimum Gasteiger partial charge on any atom is -0.476 e. The molecule has 0 saturated carbocycles. The van der Waals surface area contributed by atoms with Crippen molar-refractivity contribution in [1.29, 1.82) is 0 Å². The summed E-state index contributed by atoms with van der Waals surface area (Å²) in [5.74, 6) is -1.08. The summed E-state index contributed by atoms with van der Waals surface area (Å²) in [6.45, 7) is 0.287. The third-order valence-electron chi connectivity index (χ3n) is 2.36. The van der Waals surface area contributed by atoms with Crippen LogP contribution in [0.2, 0.25) is 5.02 Å². The van der Waals surface area contributed by atoms with E-state index < -0.39 is 10.9 Å². The SMILES string of the molecule is O=C(O)c1csc(CNc2ccc([N+](=O)[O-])cc2Cl)n1. The van der Waals surface area contributed by atoms with Crippen molar-refractivity contribution in [3.63, 3.8) is 0 Å². The molecule has 2 rings (SSSR count). The molecule has 1 aromatic heterocycles. The van der Waals surface area contributed by atoms with E-state index in [1.807, 2.05) is 0 Å². The zero-order valence-electron chi connectivity index (χ0n) is 9.87. The van der Waals surface area contributed by atoms with Gasteiger partial charge in [-0.2, -0.15) is 0 Å². The molecule has 0 atom stereocenters. The number of nitro benzene ring substituents is 1. The van der Waals surface area contributed by atoms with Gasteiger partial charge in [-0.05, 0) is 6.07 Å². The maximum Gasteiger partial charge on any atom is 0.355 e. The average Bonchev–Trinajstić information content (AvgIpc) is 2.86. The molecule has 0 bridgehead atoms. The Morgan fingerprint density at radius 2 is 2.30 bits per heavy atom. The second-order valence-corrected chi connectivity index (χ2v) is 5.06. The summed E-state index contributed by atoms with van der Waals surface area (Å²) in [5.41, 5.74) is 0.411. The Kier molecular flexibility index (Phi) is 4.16. The number of thiazole rings is 1. The zero-order valence-corrected chi connectivity index (χ0v) is 11.4. The van der Waals surface area contributed by atoms with Gasteiger partial charge < -0.3 is 10.4 Å². The van der Waals surface area contributed by atoms with Crippen molar-refractivity contribution in [2.75, 3.05) is 5.32 Å². The summed E-state index contributed by atoms with van der Waals surface area (Å²) in [4.78, 5) is 24.6. The van der Waals surface area contributed by atoms with Crippen LogP contribution >= 0.6 is 22.9 Å². The maximum absolute atomic E-state index is 10.7. The fraction of sp³-hybridized carbons (Fsp3) is 0.0909. The van der Waals surface area contributed by atoms with Gasteiger partial charge in [-0.15, -0.1) is 11.3 Å². The first kappa shape index (κ1) is 14.2. The molecular formula is C11H8ClN3O4S. The monoisotopic (exact) mass is 313 g/mol. The van der Waals surface area contributed by atoms with Crippen LogP contribution in [0.4, 0.5) is 11.4 Å². The van der Waals surface area contributed by atoms with Crippen molar-refractivity contribution in [1.82, 2.24) is 4.98 Å². The number of hydrogen-bond donors (Lipinski definition) is 2. The summed E-state index contributed by atoms with van der Waals surface area (Å²) in [6.07, 6.45) is 0. The molecule has 0 amide bonds. The van der Waals surface area contributed by atoms with Gasteiger partial charge in [0.2, 0.25) is 0 Å². The smallest absolute Gasteiger partial charge is 0.355 e. The van der Waals surface area contributed by atoms with Crippen LogP contribution in [0.5, 0.6) is 0 Å². The zero-order chi connectivity index (χ0) is 14.7. The number of benzene rings is 1. The number of hydrogen-bond acceptors (Lipinski definition) is 6. The van der Waals surface area contributed by atoms with Crippen molar-refractivity contribution in [2.45, 2.75) is 6.54 Å². The molecule has 0 aliphatic rings. The molecule has 7 nitrogen and oxygen atoms in total. The lowest BCUT2D eigenvalue weighted by atomic mass is 10.3. The Balaban J connectivity index is 2.06. The van der Waals surface area contributed by atoms with E-state index in [2.05, 4.69) is 10.3 Å². The number of carboxylic acid groups (broad SMARTS) is 1. The van der Waals surface area contributed by atoms with Crippen molar-refractivity contribution in [3.8, 4) is 0 Å². The molecule has 0 unspecified atom stereocenters. The van der Waals surface area contributed by atoms with Crippen LogP contribution in [0.1, 0.15) is 15.5 Å². The fourth-order valence-electron chi connectivity index (χ4n) is 1.42. The lowest BCUT2D eigenvalue weighted by Crippen LogP contribution is -2.02. The lowest BCUT2D eigenvalue weighted by molar-refractivity contribution is -0.384. The lowest BCUT2D eigenvalue weighted by Gasteiger charge is -2.06. The molecule has 1 heterocycles. The number of halogens is 1. The third-order valence-corrected chi connectivity index (χ3v) is 3.53. The van der Waals surface area contributed by atoms with E-state index in [1.54, 1.807) is 0 Å². The van der Waals surface area contributed by atoms with Crippen molar-refractivity contribution in [3.05, 3.63) is 49.4 Å². The molecule has 1 aromatic carbocycles. The van der Waals surface area contributed by atoms with E-state index in [0.29, 0.717) is 10.7 Å². The van der Waals surface area contributed by atoms with E-state index in [4.69, 9.17) is 16.7 Å². The highest BCUT2D eigenvalue weighted by molar-refractivity contribution is 7.09. The Labute approximate surface area is 122 Å². The van der Waals surface area contributed by atoms with Crippen LogP contribution < -0.4 is 5.32 Å². The van der Waals surface area contributed by atoms with Gasteiger partial charge in [0.05, 0.1) is 22.2 Å². The molecule has 20 heavy (non-hydrogen) atoms. The summed E-state index contributed by atoms with van der Waals surface area (Å²) in [5, 5.41) is 24.5. The Morgan fingerprint density at radius 3 is 2.85 bits per heavy atom. The Bertz CT molecular complexity index is 673. The molecule has 104 valence electrons. The van der Waals surface area contributed by atoms with Gasteiger partial charge in [-0.25, -0.2) is 9.78 Å². The predicted octanol–water partition coefficient (Wildman–Crippen LogP) is 3.02. The molecule has 9 heteroatoms. The van der Waals surface area contributed by atoms with E-state index in [1.165, 1.54) is 34.9 Å². The minimum absolute atomic E-state index is 0.0124. The van der Waals surface area contributed by atoms with Crippen LogP contribution in [0.15, 0.2) is 23.6 Å². The fourth-order valence-corrected chi connectivity index (χ4v) is 2.37.